The molecular weight excluding hydrogens is 300 g/mol. The lowest BCUT2D eigenvalue weighted by Crippen LogP contribution is -2.39. The molecule has 2 atom stereocenters. The van der Waals surface area contributed by atoms with Crippen LogP contribution < -0.4 is 5.32 Å². The zero-order valence-electron chi connectivity index (χ0n) is 15.4. The molecule has 0 aromatic heterocycles. The lowest BCUT2D eigenvalue weighted by Gasteiger charge is -2.23. The van der Waals surface area contributed by atoms with Crippen molar-refractivity contribution in [2.24, 2.45) is 17.0 Å². The third kappa shape index (κ3) is 6.45. The van der Waals surface area contributed by atoms with E-state index in [2.05, 4.69) is 10.5 Å². The number of amides is 1. The molecule has 4 nitrogen and oxygen atoms in total. The van der Waals surface area contributed by atoms with Crippen LogP contribution in [0.15, 0.2) is 5.16 Å². The molecule has 2 rings (SSSR count). The molecule has 0 radical (unpaired) electrons. The Labute approximate surface area is 147 Å². The van der Waals surface area contributed by atoms with Crippen molar-refractivity contribution in [1.82, 2.24) is 5.32 Å². The van der Waals surface area contributed by atoms with Crippen LogP contribution in [0, 0.1) is 11.8 Å². The molecule has 1 amide bonds. The average Bonchev–Trinajstić information content (AvgIpc) is 2.86. The highest BCUT2D eigenvalue weighted by molar-refractivity contribution is 5.84. The zero-order valence-corrected chi connectivity index (χ0v) is 15.4. The Bertz CT molecular complexity index is 398. The molecule has 0 aromatic carbocycles. The summed E-state index contributed by atoms with van der Waals surface area (Å²) in [6.07, 6.45) is 16.5. The van der Waals surface area contributed by atoms with Gasteiger partial charge in [0.05, 0.1) is 5.71 Å². The first-order chi connectivity index (χ1) is 11.7. The first-order valence-corrected chi connectivity index (χ1v) is 10.2. The minimum atomic E-state index is 0.150. The maximum atomic E-state index is 12.7. The van der Waals surface area contributed by atoms with Crippen molar-refractivity contribution in [3.63, 3.8) is 0 Å². The first kappa shape index (κ1) is 19.3. The highest BCUT2D eigenvalue weighted by Gasteiger charge is 2.26. The number of carbonyl (C=O) groups is 1. The van der Waals surface area contributed by atoms with Crippen LogP contribution in [0.2, 0.25) is 0 Å². The smallest absolute Gasteiger partial charge is 0.223 e. The standard InChI is InChI=1S/C20H36N2O2/c1-16(22-24)17-10-9-11-18(15-14-17)20(23)21-19-12-7-5-3-2-4-6-8-13-19/h17-19,24H,2-15H2,1H3,(H,21,23). The molecule has 0 bridgehead atoms. The number of hydrogen-bond donors (Lipinski definition) is 2. The van der Waals surface area contributed by atoms with Crippen molar-refractivity contribution in [2.45, 2.75) is 103 Å². The predicted molar refractivity (Wildman–Crippen MR) is 98.4 cm³/mol. The minimum Gasteiger partial charge on any atom is -0.411 e. The molecule has 2 aliphatic carbocycles. The fourth-order valence-corrected chi connectivity index (χ4v) is 4.34. The first-order valence-electron chi connectivity index (χ1n) is 10.2. The second kappa shape index (κ2) is 10.7. The van der Waals surface area contributed by atoms with Gasteiger partial charge in [-0.2, -0.15) is 0 Å². The Balaban J connectivity index is 1.81. The summed E-state index contributed by atoms with van der Waals surface area (Å²) in [4.78, 5) is 12.7. The molecule has 0 spiro atoms. The Morgan fingerprint density at radius 1 is 0.792 bits per heavy atom. The predicted octanol–water partition coefficient (Wildman–Crippen LogP) is 5.04. The van der Waals surface area contributed by atoms with Gasteiger partial charge in [-0.05, 0) is 45.4 Å². The maximum Gasteiger partial charge on any atom is 0.223 e. The second-order valence-corrected chi connectivity index (χ2v) is 7.90. The van der Waals surface area contributed by atoms with E-state index in [0.717, 1.165) is 50.7 Å². The fraction of sp³-hybridized carbons (Fsp3) is 0.900. The maximum absolute atomic E-state index is 12.7. The molecule has 2 saturated carbocycles. The summed E-state index contributed by atoms with van der Waals surface area (Å²) in [6.45, 7) is 1.89. The summed E-state index contributed by atoms with van der Waals surface area (Å²) < 4.78 is 0. The highest BCUT2D eigenvalue weighted by atomic mass is 16.4. The summed E-state index contributed by atoms with van der Waals surface area (Å²) in [7, 11) is 0. The molecular formula is C20H36N2O2. The Morgan fingerprint density at radius 3 is 1.96 bits per heavy atom. The number of hydrogen-bond acceptors (Lipinski definition) is 3. The van der Waals surface area contributed by atoms with E-state index in [0.29, 0.717) is 12.0 Å². The second-order valence-electron chi connectivity index (χ2n) is 7.90. The molecule has 138 valence electrons. The quantitative estimate of drug-likeness (QED) is 0.328. The van der Waals surface area contributed by atoms with Gasteiger partial charge >= 0.3 is 0 Å². The Hall–Kier alpha value is -1.06. The molecule has 4 heteroatoms. The SMILES string of the molecule is CC(=NO)C1CCCC(C(=O)NC2CCCCCCCCC2)CC1. The highest BCUT2D eigenvalue weighted by Crippen LogP contribution is 2.29. The van der Waals surface area contributed by atoms with Gasteiger partial charge in [0.2, 0.25) is 5.91 Å². The van der Waals surface area contributed by atoms with Crippen molar-refractivity contribution in [1.29, 1.82) is 0 Å². The van der Waals surface area contributed by atoms with E-state index >= 15 is 0 Å². The van der Waals surface area contributed by atoms with E-state index in [4.69, 9.17) is 5.21 Å². The Morgan fingerprint density at radius 2 is 1.33 bits per heavy atom. The van der Waals surface area contributed by atoms with Crippen LogP contribution in [-0.2, 0) is 4.79 Å². The van der Waals surface area contributed by atoms with E-state index in [9.17, 15) is 4.79 Å². The van der Waals surface area contributed by atoms with E-state index in [1.54, 1.807) is 0 Å². The van der Waals surface area contributed by atoms with Gasteiger partial charge in [0, 0.05) is 17.9 Å². The summed E-state index contributed by atoms with van der Waals surface area (Å²) in [5.74, 6) is 0.773. The molecule has 0 heterocycles. The number of nitrogens with one attached hydrogen (secondary N) is 1. The van der Waals surface area contributed by atoms with Crippen LogP contribution in [0.5, 0.6) is 0 Å². The third-order valence-corrected chi connectivity index (χ3v) is 6.04. The zero-order chi connectivity index (χ0) is 17.2. The average molecular weight is 337 g/mol. The summed E-state index contributed by atoms with van der Waals surface area (Å²) in [5.41, 5.74) is 0.823. The van der Waals surface area contributed by atoms with Crippen molar-refractivity contribution >= 4 is 11.6 Å². The molecule has 2 N–H and O–H groups in total. The van der Waals surface area contributed by atoms with Gasteiger partial charge in [-0.1, -0.05) is 56.5 Å². The van der Waals surface area contributed by atoms with Crippen LogP contribution in [0.25, 0.3) is 0 Å². The third-order valence-electron chi connectivity index (χ3n) is 6.04. The van der Waals surface area contributed by atoms with Crippen LogP contribution in [0.4, 0.5) is 0 Å². The van der Waals surface area contributed by atoms with Crippen LogP contribution in [0.3, 0.4) is 0 Å². The monoisotopic (exact) mass is 336 g/mol. The van der Waals surface area contributed by atoms with Crippen molar-refractivity contribution in [3.8, 4) is 0 Å². The van der Waals surface area contributed by atoms with Crippen molar-refractivity contribution in [2.75, 3.05) is 0 Å². The lowest BCUT2D eigenvalue weighted by atomic mass is 9.93. The molecule has 2 unspecified atom stereocenters. The summed E-state index contributed by atoms with van der Waals surface area (Å²) >= 11 is 0. The van der Waals surface area contributed by atoms with Crippen LogP contribution in [0.1, 0.15) is 96.8 Å². The van der Waals surface area contributed by atoms with Gasteiger partial charge in [0.15, 0.2) is 0 Å². The van der Waals surface area contributed by atoms with E-state index in [1.807, 2.05) is 6.92 Å². The molecule has 2 aliphatic rings. The van der Waals surface area contributed by atoms with Crippen LogP contribution >= 0.6 is 0 Å². The number of oxime groups is 1. The number of carbonyl (C=O) groups excluding carboxylic acids is 1. The molecule has 0 aliphatic heterocycles. The largest absolute Gasteiger partial charge is 0.411 e. The topological polar surface area (TPSA) is 61.7 Å². The summed E-state index contributed by atoms with van der Waals surface area (Å²) in [5, 5.41) is 15.7. The van der Waals surface area contributed by atoms with E-state index in [-0.39, 0.29) is 11.8 Å². The van der Waals surface area contributed by atoms with Crippen LogP contribution in [-0.4, -0.2) is 22.9 Å². The number of nitrogens with zero attached hydrogens (tertiary/aromatic N) is 1. The molecule has 0 saturated heterocycles. The van der Waals surface area contributed by atoms with Gasteiger partial charge in [0.25, 0.3) is 0 Å². The summed E-state index contributed by atoms with van der Waals surface area (Å²) in [6, 6.07) is 0.385. The fourth-order valence-electron chi connectivity index (χ4n) is 4.34. The molecule has 0 aromatic rings. The van der Waals surface area contributed by atoms with Crippen molar-refractivity contribution in [3.05, 3.63) is 0 Å². The molecule has 2 fully saturated rings. The normalized spacial score (nSPS) is 28.8. The van der Waals surface area contributed by atoms with E-state index in [1.165, 1.54) is 44.9 Å². The van der Waals surface area contributed by atoms with Gasteiger partial charge in [-0.25, -0.2) is 0 Å². The Kier molecular flexibility index (Phi) is 8.62. The van der Waals surface area contributed by atoms with E-state index < -0.39 is 0 Å². The van der Waals surface area contributed by atoms with Gasteiger partial charge in [-0.15, -0.1) is 0 Å². The van der Waals surface area contributed by atoms with Gasteiger partial charge in [-0.3, -0.25) is 4.79 Å². The molecule has 24 heavy (non-hydrogen) atoms. The van der Waals surface area contributed by atoms with Gasteiger partial charge in [0.1, 0.15) is 0 Å². The minimum absolute atomic E-state index is 0.150. The van der Waals surface area contributed by atoms with Crippen molar-refractivity contribution < 1.29 is 10.0 Å². The van der Waals surface area contributed by atoms with Gasteiger partial charge < -0.3 is 10.5 Å². The lowest BCUT2D eigenvalue weighted by molar-refractivity contribution is -0.126. The number of rotatable bonds is 3.